The minimum absolute atomic E-state index is 0.150. The van der Waals surface area contributed by atoms with Crippen LogP contribution in [0, 0.1) is 12.7 Å². The van der Waals surface area contributed by atoms with Gasteiger partial charge in [-0.05, 0) is 43.5 Å². The first-order chi connectivity index (χ1) is 9.15. The highest BCUT2D eigenvalue weighted by Gasteiger charge is 2.26. The van der Waals surface area contributed by atoms with Crippen LogP contribution in [-0.2, 0) is 4.74 Å². The first-order valence-electron chi connectivity index (χ1n) is 6.88. The summed E-state index contributed by atoms with van der Waals surface area (Å²) < 4.78 is 18.8. The molecule has 2 atom stereocenters. The van der Waals surface area contributed by atoms with E-state index in [1.165, 1.54) is 6.07 Å². The number of aryl methyl sites for hydroxylation is 1. The summed E-state index contributed by atoms with van der Waals surface area (Å²) in [6.45, 7) is 4.26. The number of nitrogens with zero attached hydrogens (tertiary/aromatic N) is 1. The standard InChI is InChI=1S/C15H23FN2O/c1-11-8-12(5-6-14(11)16)15(9-17)18-7-3-4-13(10-18)19-2/h5-6,8,13,15H,3-4,7,9-10,17H2,1-2H3. The van der Waals surface area contributed by atoms with Gasteiger partial charge >= 0.3 is 0 Å². The lowest BCUT2D eigenvalue weighted by Gasteiger charge is -2.37. The third-order valence-corrected chi connectivity index (χ3v) is 3.97. The van der Waals surface area contributed by atoms with Crippen molar-refractivity contribution in [1.82, 2.24) is 4.90 Å². The molecule has 1 aromatic carbocycles. The van der Waals surface area contributed by atoms with Crippen molar-refractivity contribution >= 4 is 0 Å². The topological polar surface area (TPSA) is 38.5 Å². The molecule has 0 radical (unpaired) electrons. The monoisotopic (exact) mass is 266 g/mol. The van der Waals surface area contributed by atoms with E-state index >= 15 is 0 Å². The average Bonchev–Trinajstić information content (AvgIpc) is 2.44. The van der Waals surface area contributed by atoms with Gasteiger partial charge in [0.05, 0.1) is 6.10 Å². The van der Waals surface area contributed by atoms with Crippen LogP contribution < -0.4 is 5.73 Å². The van der Waals surface area contributed by atoms with Crippen molar-refractivity contribution in [3.8, 4) is 0 Å². The number of likely N-dealkylation sites (tertiary alicyclic amines) is 1. The first-order valence-corrected chi connectivity index (χ1v) is 6.88. The van der Waals surface area contributed by atoms with E-state index in [1.54, 1.807) is 14.0 Å². The van der Waals surface area contributed by atoms with E-state index in [0.717, 1.165) is 31.5 Å². The van der Waals surface area contributed by atoms with Crippen molar-refractivity contribution in [2.24, 2.45) is 5.73 Å². The number of ether oxygens (including phenoxy) is 1. The highest BCUT2D eigenvalue weighted by atomic mass is 19.1. The number of rotatable bonds is 4. The van der Waals surface area contributed by atoms with Crippen LogP contribution in [0.2, 0.25) is 0 Å². The zero-order chi connectivity index (χ0) is 13.8. The highest BCUT2D eigenvalue weighted by molar-refractivity contribution is 5.27. The maximum atomic E-state index is 13.4. The molecule has 1 fully saturated rings. The van der Waals surface area contributed by atoms with Crippen LogP contribution >= 0.6 is 0 Å². The van der Waals surface area contributed by atoms with Gasteiger partial charge in [-0.25, -0.2) is 4.39 Å². The van der Waals surface area contributed by atoms with E-state index in [0.29, 0.717) is 12.1 Å². The van der Waals surface area contributed by atoms with E-state index in [9.17, 15) is 4.39 Å². The molecule has 106 valence electrons. The Morgan fingerprint density at radius 1 is 1.53 bits per heavy atom. The molecule has 0 bridgehead atoms. The fraction of sp³-hybridized carbons (Fsp3) is 0.600. The van der Waals surface area contributed by atoms with E-state index in [-0.39, 0.29) is 18.0 Å². The van der Waals surface area contributed by atoms with Crippen LogP contribution in [0.3, 0.4) is 0 Å². The number of hydrogen-bond acceptors (Lipinski definition) is 3. The van der Waals surface area contributed by atoms with Crippen LogP contribution in [0.5, 0.6) is 0 Å². The van der Waals surface area contributed by atoms with Crippen molar-refractivity contribution < 1.29 is 9.13 Å². The molecule has 1 aromatic rings. The van der Waals surface area contributed by atoms with E-state index in [1.807, 2.05) is 12.1 Å². The second kappa shape index (κ2) is 6.46. The van der Waals surface area contributed by atoms with Crippen molar-refractivity contribution in [2.45, 2.75) is 31.9 Å². The average molecular weight is 266 g/mol. The Labute approximate surface area is 114 Å². The minimum atomic E-state index is -0.159. The molecule has 0 saturated carbocycles. The summed E-state index contributed by atoms with van der Waals surface area (Å²) in [5.74, 6) is -0.159. The first kappa shape index (κ1) is 14.4. The maximum Gasteiger partial charge on any atom is 0.126 e. The number of halogens is 1. The summed E-state index contributed by atoms with van der Waals surface area (Å²) >= 11 is 0. The second-order valence-electron chi connectivity index (χ2n) is 5.25. The Morgan fingerprint density at radius 3 is 2.95 bits per heavy atom. The molecule has 2 unspecified atom stereocenters. The lowest BCUT2D eigenvalue weighted by molar-refractivity contribution is 0.0155. The summed E-state index contributed by atoms with van der Waals surface area (Å²) in [6, 6.07) is 5.43. The van der Waals surface area contributed by atoms with Gasteiger partial charge in [-0.3, -0.25) is 4.90 Å². The van der Waals surface area contributed by atoms with Gasteiger partial charge in [0.15, 0.2) is 0 Å². The minimum Gasteiger partial charge on any atom is -0.380 e. The molecule has 0 aromatic heterocycles. The molecule has 19 heavy (non-hydrogen) atoms. The van der Waals surface area contributed by atoms with Crippen molar-refractivity contribution in [1.29, 1.82) is 0 Å². The van der Waals surface area contributed by atoms with Gasteiger partial charge in [-0.2, -0.15) is 0 Å². The maximum absolute atomic E-state index is 13.4. The largest absolute Gasteiger partial charge is 0.380 e. The molecule has 1 aliphatic rings. The van der Waals surface area contributed by atoms with E-state index in [4.69, 9.17) is 10.5 Å². The molecule has 1 aliphatic heterocycles. The van der Waals surface area contributed by atoms with Crippen LogP contribution in [0.4, 0.5) is 4.39 Å². The van der Waals surface area contributed by atoms with E-state index < -0.39 is 0 Å². The fourth-order valence-corrected chi connectivity index (χ4v) is 2.81. The fourth-order valence-electron chi connectivity index (χ4n) is 2.81. The van der Waals surface area contributed by atoms with Crippen molar-refractivity contribution in [2.75, 3.05) is 26.7 Å². The Hall–Kier alpha value is -0.970. The highest BCUT2D eigenvalue weighted by Crippen LogP contribution is 2.26. The van der Waals surface area contributed by atoms with Gasteiger partial charge < -0.3 is 10.5 Å². The van der Waals surface area contributed by atoms with Gasteiger partial charge in [-0.1, -0.05) is 12.1 Å². The lowest BCUT2D eigenvalue weighted by Crippen LogP contribution is -2.43. The molecule has 0 spiro atoms. The quantitative estimate of drug-likeness (QED) is 0.908. The number of benzene rings is 1. The Balaban J connectivity index is 2.16. The Kier molecular flexibility index (Phi) is 4.91. The molecular formula is C15H23FN2O. The Bertz CT molecular complexity index is 425. The van der Waals surface area contributed by atoms with Crippen LogP contribution in [0.15, 0.2) is 18.2 Å². The molecule has 0 amide bonds. The molecule has 2 N–H and O–H groups in total. The zero-order valence-corrected chi connectivity index (χ0v) is 11.7. The summed E-state index contributed by atoms with van der Waals surface area (Å²) in [5.41, 5.74) is 7.71. The number of nitrogens with two attached hydrogens (primary N) is 1. The second-order valence-corrected chi connectivity index (χ2v) is 5.25. The summed E-state index contributed by atoms with van der Waals surface area (Å²) in [7, 11) is 1.76. The van der Waals surface area contributed by atoms with Gasteiger partial charge in [0.25, 0.3) is 0 Å². The zero-order valence-electron chi connectivity index (χ0n) is 11.7. The summed E-state index contributed by atoms with van der Waals surface area (Å²) in [5, 5.41) is 0. The lowest BCUT2D eigenvalue weighted by atomic mass is 9.99. The Morgan fingerprint density at radius 2 is 2.32 bits per heavy atom. The van der Waals surface area contributed by atoms with Crippen molar-refractivity contribution in [3.05, 3.63) is 35.1 Å². The van der Waals surface area contributed by atoms with Crippen LogP contribution in [0.25, 0.3) is 0 Å². The molecule has 1 heterocycles. The number of methoxy groups -OCH3 is 1. The molecular weight excluding hydrogens is 243 g/mol. The predicted octanol–water partition coefficient (Wildman–Crippen LogP) is 2.24. The molecule has 1 saturated heterocycles. The van der Waals surface area contributed by atoms with Crippen LogP contribution in [0.1, 0.15) is 30.0 Å². The predicted molar refractivity (Wildman–Crippen MR) is 74.5 cm³/mol. The summed E-state index contributed by atoms with van der Waals surface area (Å²) in [6.07, 6.45) is 2.51. The molecule has 2 rings (SSSR count). The smallest absolute Gasteiger partial charge is 0.126 e. The van der Waals surface area contributed by atoms with Gasteiger partial charge in [-0.15, -0.1) is 0 Å². The number of piperidine rings is 1. The summed E-state index contributed by atoms with van der Waals surface area (Å²) in [4.78, 5) is 2.35. The SMILES string of the molecule is COC1CCCN(C(CN)c2ccc(F)c(C)c2)C1. The molecule has 3 nitrogen and oxygen atoms in total. The number of hydrogen-bond donors (Lipinski definition) is 1. The van der Waals surface area contributed by atoms with Gasteiger partial charge in [0.1, 0.15) is 5.82 Å². The van der Waals surface area contributed by atoms with Crippen molar-refractivity contribution in [3.63, 3.8) is 0 Å². The van der Waals surface area contributed by atoms with Crippen LogP contribution in [-0.4, -0.2) is 37.7 Å². The van der Waals surface area contributed by atoms with Gasteiger partial charge in [0, 0.05) is 26.2 Å². The third-order valence-electron chi connectivity index (χ3n) is 3.97. The molecule has 4 heteroatoms. The van der Waals surface area contributed by atoms with Gasteiger partial charge in [0.2, 0.25) is 0 Å². The normalized spacial score (nSPS) is 22.4. The third kappa shape index (κ3) is 3.32. The van der Waals surface area contributed by atoms with E-state index in [2.05, 4.69) is 4.90 Å². The molecule has 0 aliphatic carbocycles.